The van der Waals surface area contributed by atoms with E-state index in [0.717, 1.165) is 10.5 Å². The van der Waals surface area contributed by atoms with Gasteiger partial charge in [-0.3, -0.25) is 0 Å². The predicted molar refractivity (Wildman–Crippen MR) is 69.5 cm³/mol. The second-order valence-corrected chi connectivity index (χ2v) is 4.70. The molecule has 94 valence electrons. The summed E-state index contributed by atoms with van der Waals surface area (Å²) in [6.45, 7) is 0.272. The van der Waals surface area contributed by atoms with E-state index in [9.17, 15) is 13.9 Å². The molecule has 2 rings (SSSR count). The van der Waals surface area contributed by atoms with Gasteiger partial charge >= 0.3 is 0 Å². The predicted octanol–water partition coefficient (Wildman–Crippen LogP) is 4.05. The van der Waals surface area contributed by atoms with E-state index in [4.69, 9.17) is 0 Å². The molecule has 0 amide bonds. The van der Waals surface area contributed by atoms with Crippen LogP contribution in [0.5, 0.6) is 5.75 Å². The van der Waals surface area contributed by atoms with Gasteiger partial charge in [0.25, 0.3) is 0 Å². The van der Waals surface area contributed by atoms with E-state index in [1.54, 1.807) is 18.2 Å². The third kappa shape index (κ3) is 3.20. The molecule has 0 aliphatic carbocycles. The molecule has 0 fully saturated rings. The molecular weight excluding hydrogens is 304 g/mol. The second kappa shape index (κ2) is 5.35. The van der Waals surface area contributed by atoms with Crippen molar-refractivity contribution >= 4 is 21.6 Å². The third-order valence-corrected chi connectivity index (χ3v) is 2.88. The molecule has 0 saturated carbocycles. The van der Waals surface area contributed by atoms with Crippen LogP contribution in [0.1, 0.15) is 5.56 Å². The van der Waals surface area contributed by atoms with E-state index in [2.05, 4.69) is 21.2 Å². The van der Waals surface area contributed by atoms with Crippen molar-refractivity contribution in [3.8, 4) is 5.75 Å². The molecule has 0 aromatic heterocycles. The number of nitrogens with one attached hydrogen (secondary N) is 1. The number of anilines is 1. The van der Waals surface area contributed by atoms with E-state index in [0.29, 0.717) is 11.3 Å². The van der Waals surface area contributed by atoms with Gasteiger partial charge in [0.15, 0.2) is 0 Å². The number of phenols is 1. The van der Waals surface area contributed by atoms with Crippen LogP contribution in [0.25, 0.3) is 0 Å². The maximum Gasteiger partial charge on any atom is 0.128 e. The summed E-state index contributed by atoms with van der Waals surface area (Å²) in [6, 6.07) is 8.18. The number of aromatic hydroxyl groups is 1. The number of phenolic OH excluding ortho intramolecular Hbond substituents is 1. The highest BCUT2D eigenvalue weighted by molar-refractivity contribution is 9.10. The van der Waals surface area contributed by atoms with Crippen LogP contribution < -0.4 is 5.32 Å². The highest BCUT2D eigenvalue weighted by Gasteiger charge is 2.04. The zero-order valence-electron chi connectivity index (χ0n) is 9.25. The van der Waals surface area contributed by atoms with Gasteiger partial charge in [-0.05, 0) is 30.3 Å². The average Bonchev–Trinajstić information content (AvgIpc) is 2.29. The fourth-order valence-electron chi connectivity index (χ4n) is 1.55. The topological polar surface area (TPSA) is 32.3 Å². The van der Waals surface area contributed by atoms with Crippen LogP contribution >= 0.6 is 15.9 Å². The van der Waals surface area contributed by atoms with Crippen molar-refractivity contribution in [3.05, 3.63) is 58.1 Å². The van der Waals surface area contributed by atoms with Crippen molar-refractivity contribution < 1.29 is 13.9 Å². The van der Waals surface area contributed by atoms with E-state index >= 15 is 0 Å². The largest absolute Gasteiger partial charge is 0.508 e. The van der Waals surface area contributed by atoms with Gasteiger partial charge in [-0.15, -0.1) is 0 Å². The number of hydrogen-bond donors (Lipinski definition) is 2. The first-order chi connectivity index (χ1) is 8.54. The lowest BCUT2D eigenvalue weighted by Gasteiger charge is -2.09. The number of halogens is 3. The normalized spacial score (nSPS) is 10.4. The molecule has 2 nitrogen and oxygen atoms in total. The number of rotatable bonds is 3. The summed E-state index contributed by atoms with van der Waals surface area (Å²) in [5, 5.41) is 12.5. The second-order valence-electron chi connectivity index (χ2n) is 3.78. The maximum absolute atomic E-state index is 13.0. The van der Waals surface area contributed by atoms with E-state index in [1.165, 1.54) is 12.1 Å². The van der Waals surface area contributed by atoms with Crippen LogP contribution in [-0.2, 0) is 6.54 Å². The van der Waals surface area contributed by atoms with Gasteiger partial charge < -0.3 is 10.4 Å². The molecular formula is C13H10BrF2NO. The molecule has 0 radical (unpaired) electrons. The minimum absolute atomic E-state index is 0.127. The first kappa shape index (κ1) is 12.8. The molecule has 2 N–H and O–H groups in total. The molecule has 0 aliphatic rings. The fourth-order valence-corrected chi connectivity index (χ4v) is 1.96. The summed E-state index contributed by atoms with van der Waals surface area (Å²) < 4.78 is 26.7. The van der Waals surface area contributed by atoms with Gasteiger partial charge in [-0.1, -0.05) is 15.9 Å². The highest BCUT2D eigenvalue weighted by atomic mass is 79.9. The van der Waals surface area contributed by atoms with Crippen LogP contribution in [0, 0.1) is 11.6 Å². The summed E-state index contributed by atoms with van der Waals surface area (Å²) in [5.74, 6) is -1.16. The van der Waals surface area contributed by atoms with Crippen molar-refractivity contribution in [2.45, 2.75) is 6.54 Å². The molecule has 0 heterocycles. The molecule has 5 heteroatoms. The number of hydrogen-bond acceptors (Lipinski definition) is 2. The zero-order valence-corrected chi connectivity index (χ0v) is 10.8. The van der Waals surface area contributed by atoms with Crippen molar-refractivity contribution in [1.29, 1.82) is 0 Å². The van der Waals surface area contributed by atoms with Crippen LogP contribution in [0.3, 0.4) is 0 Å². The molecule has 0 aliphatic heterocycles. The Hall–Kier alpha value is -1.62. The Balaban J connectivity index is 2.13. The summed E-state index contributed by atoms with van der Waals surface area (Å²) in [4.78, 5) is 0. The highest BCUT2D eigenvalue weighted by Crippen LogP contribution is 2.23. The molecule has 0 unspecified atom stereocenters. The molecule has 0 atom stereocenters. The molecule has 0 spiro atoms. The van der Waals surface area contributed by atoms with Crippen molar-refractivity contribution in [2.24, 2.45) is 0 Å². The summed E-state index contributed by atoms with van der Waals surface area (Å²) >= 11 is 3.29. The molecule has 2 aromatic rings. The lowest BCUT2D eigenvalue weighted by Crippen LogP contribution is -2.00. The summed E-state index contributed by atoms with van der Waals surface area (Å²) in [7, 11) is 0. The van der Waals surface area contributed by atoms with Gasteiger partial charge in [0, 0.05) is 28.3 Å². The van der Waals surface area contributed by atoms with Gasteiger partial charge in [-0.2, -0.15) is 0 Å². The SMILES string of the molecule is Oc1ccc(Br)cc1CNc1cc(F)cc(F)c1. The Morgan fingerprint density at radius 2 is 1.72 bits per heavy atom. The lowest BCUT2D eigenvalue weighted by atomic mass is 10.2. The molecule has 18 heavy (non-hydrogen) atoms. The standard InChI is InChI=1S/C13H10BrF2NO/c14-9-1-2-13(18)8(3-9)7-17-12-5-10(15)4-11(16)6-12/h1-6,17-18H,7H2. The zero-order chi connectivity index (χ0) is 13.1. The molecule has 2 aromatic carbocycles. The first-order valence-corrected chi connectivity index (χ1v) is 6.01. The smallest absolute Gasteiger partial charge is 0.128 e. The monoisotopic (exact) mass is 313 g/mol. The van der Waals surface area contributed by atoms with E-state index in [1.807, 2.05) is 0 Å². The van der Waals surface area contributed by atoms with Crippen LogP contribution in [0.15, 0.2) is 40.9 Å². The molecule has 0 bridgehead atoms. The van der Waals surface area contributed by atoms with E-state index < -0.39 is 11.6 Å². The summed E-state index contributed by atoms with van der Waals surface area (Å²) in [5.41, 5.74) is 0.959. The lowest BCUT2D eigenvalue weighted by molar-refractivity contribution is 0.469. The quantitative estimate of drug-likeness (QED) is 0.896. The Kier molecular flexibility index (Phi) is 3.81. The van der Waals surface area contributed by atoms with Gasteiger partial charge in [-0.25, -0.2) is 8.78 Å². The van der Waals surface area contributed by atoms with Crippen molar-refractivity contribution in [3.63, 3.8) is 0 Å². The Morgan fingerprint density at radius 1 is 1.06 bits per heavy atom. The Labute approximate surface area is 111 Å². The van der Waals surface area contributed by atoms with Crippen LogP contribution in [0.4, 0.5) is 14.5 Å². The minimum atomic E-state index is -0.643. The van der Waals surface area contributed by atoms with Gasteiger partial charge in [0.2, 0.25) is 0 Å². The first-order valence-electron chi connectivity index (χ1n) is 5.22. The van der Waals surface area contributed by atoms with Crippen molar-refractivity contribution in [1.82, 2.24) is 0 Å². The number of benzene rings is 2. The summed E-state index contributed by atoms with van der Waals surface area (Å²) in [6.07, 6.45) is 0. The fraction of sp³-hybridized carbons (Fsp3) is 0.0769. The van der Waals surface area contributed by atoms with Gasteiger partial charge in [0.05, 0.1) is 0 Å². The maximum atomic E-state index is 13.0. The molecule has 0 saturated heterocycles. The minimum Gasteiger partial charge on any atom is -0.508 e. The van der Waals surface area contributed by atoms with E-state index in [-0.39, 0.29) is 12.3 Å². The Bertz CT molecular complexity index is 555. The van der Waals surface area contributed by atoms with Crippen LogP contribution in [0.2, 0.25) is 0 Å². The van der Waals surface area contributed by atoms with Crippen LogP contribution in [-0.4, -0.2) is 5.11 Å². The Morgan fingerprint density at radius 3 is 2.39 bits per heavy atom. The average molecular weight is 314 g/mol. The van der Waals surface area contributed by atoms with Crippen molar-refractivity contribution in [2.75, 3.05) is 5.32 Å². The third-order valence-electron chi connectivity index (χ3n) is 2.39. The van der Waals surface area contributed by atoms with Gasteiger partial charge in [0.1, 0.15) is 17.4 Å².